The van der Waals surface area contributed by atoms with Crippen LogP contribution in [0.15, 0.2) is 42.6 Å². The van der Waals surface area contributed by atoms with Gasteiger partial charge in [0, 0.05) is 18.3 Å². The average Bonchev–Trinajstić information content (AvgIpc) is 2.54. The smallest absolute Gasteiger partial charge is 0.0718 e. The minimum absolute atomic E-state index is 0.0418. The molecule has 1 aliphatic heterocycles. The fourth-order valence-electron chi connectivity index (χ4n) is 2.51. The minimum Gasteiger partial charge on any atom is -0.358 e. The van der Waals surface area contributed by atoms with Gasteiger partial charge in [0.2, 0.25) is 0 Å². The molecule has 0 bridgehead atoms. The van der Waals surface area contributed by atoms with Crippen molar-refractivity contribution < 1.29 is 0 Å². The topological polar surface area (TPSA) is 6.48 Å². The lowest BCUT2D eigenvalue weighted by Crippen LogP contribution is -2.38. The summed E-state index contributed by atoms with van der Waals surface area (Å²) < 4.78 is 0. The molecule has 1 heterocycles. The molecule has 1 fully saturated rings. The van der Waals surface area contributed by atoms with Crippen molar-refractivity contribution in [1.82, 2.24) is 9.80 Å². The summed E-state index contributed by atoms with van der Waals surface area (Å²) in [7, 11) is 0. The van der Waals surface area contributed by atoms with Crippen LogP contribution < -0.4 is 0 Å². The third kappa shape index (κ3) is 2.30. The average molecular weight is 244 g/mol. The lowest BCUT2D eigenvalue weighted by Gasteiger charge is -2.30. The molecule has 18 heavy (non-hydrogen) atoms. The van der Waals surface area contributed by atoms with Crippen LogP contribution in [-0.2, 0) is 6.54 Å². The van der Waals surface area contributed by atoms with Crippen LogP contribution in [0, 0.1) is 0 Å². The van der Waals surface area contributed by atoms with Crippen molar-refractivity contribution in [3.8, 4) is 0 Å². The molecule has 0 amide bonds. The van der Waals surface area contributed by atoms with Crippen molar-refractivity contribution in [2.75, 3.05) is 6.67 Å². The molecular weight excluding hydrogens is 220 g/mol. The molecule has 2 rings (SSSR count). The number of hydrogen-bond donors (Lipinski definition) is 0. The Morgan fingerprint density at radius 3 is 2.33 bits per heavy atom. The van der Waals surface area contributed by atoms with E-state index in [-0.39, 0.29) is 5.54 Å². The van der Waals surface area contributed by atoms with Gasteiger partial charge in [-0.1, -0.05) is 36.9 Å². The van der Waals surface area contributed by atoms with Gasteiger partial charge in [0.1, 0.15) is 0 Å². The van der Waals surface area contributed by atoms with Crippen LogP contribution in [0.4, 0.5) is 0 Å². The first-order chi connectivity index (χ1) is 8.43. The van der Waals surface area contributed by atoms with Gasteiger partial charge in [-0.05, 0) is 33.3 Å². The van der Waals surface area contributed by atoms with Gasteiger partial charge in [0.25, 0.3) is 0 Å². The first-order valence-electron chi connectivity index (χ1n) is 6.68. The molecule has 0 aromatic heterocycles. The van der Waals surface area contributed by atoms with E-state index >= 15 is 0 Å². The van der Waals surface area contributed by atoms with Gasteiger partial charge in [0.05, 0.1) is 12.2 Å². The highest BCUT2D eigenvalue weighted by Crippen LogP contribution is 2.35. The van der Waals surface area contributed by atoms with E-state index in [0.29, 0.717) is 6.04 Å². The highest BCUT2D eigenvalue weighted by molar-refractivity contribution is 5.21. The summed E-state index contributed by atoms with van der Waals surface area (Å²) in [6.45, 7) is 15.2. The summed E-state index contributed by atoms with van der Waals surface area (Å²) in [5.41, 5.74) is 2.64. The zero-order valence-corrected chi connectivity index (χ0v) is 12.0. The van der Waals surface area contributed by atoms with E-state index in [2.05, 4.69) is 74.4 Å². The Balaban J connectivity index is 2.17. The standard InChI is InChI=1S/C16H24N2/c1-13(2)18-12-17(16(4,5)14(18)3)11-15-9-7-6-8-10-15/h6-10,13H,3,11-12H2,1-2,4-5H3. The largest absolute Gasteiger partial charge is 0.358 e. The van der Waals surface area contributed by atoms with E-state index in [1.807, 2.05) is 0 Å². The highest BCUT2D eigenvalue weighted by Gasteiger charge is 2.40. The summed E-state index contributed by atoms with van der Waals surface area (Å²) in [6, 6.07) is 11.2. The maximum Gasteiger partial charge on any atom is 0.0718 e. The molecule has 0 N–H and O–H groups in total. The van der Waals surface area contributed by atoms with Gasteiger partial charge in [0.15, 0.2) is 0 Å². The highest BCUT2D eigenvalue weighted by atomic mass is 15.4. The normalized spacial score (nSPS) is 19.8. The van der Waals surface area contributed by atoms with E-state index in [4.69, 9.17) is 0 Å². The maximum absolute atomic E-state index is 4.29. The Hall–Kier alpha value is -1.28. The Labute approximate surface area is 111 Å². The molecule has 2 nitrogen and oxygen atoms in total. The molecule has 0 spiro atoms. The second-order valence-electron chi connectivity index (χ2n) is 5.89. The van der Waals surface area contributed by atoms with Gasteiger partial charge in [-0.3, -0.25) is 4.90 Å². The van der Waals surface area contributed by atoms with Gasteiger partial charge in [-0.2, -0.15) is 0 Å². The quantitative estimate of drug-likeness (QED) is 0.803. The predicted octanol–water partition coefficient (Wildman–Crippen LogP) is 3.46. The monoisotopic (exact) mass is 244 g/mol. The Kier molecular flexibility index (Phi) is 3.49. The number of rotatable bonds is 3. The van der Waals surface area contributed by atoms with Crippen molar-refractivity contribution in [2.45, 2.75) is 45.8 Å². The lowest BCUT2D eigenvalue weighted by molar-refractivity contribution is 0.160. The van der Waals surface area contributed by atoms with Gasteiger partial charge in [-0.15, -0.1) is 0 Å². The molecule has 2 heteroatoms. The summed E-state index contributed by atoms with van der Waals surface area (Å²) in [5.74, 6) is 0. The maximum atomic E-state index is 4.29. The Morgan fingerprint density at radius 1 is 1.22 bits per heavy atom. The van der Waals surface area contributed by atoms with E-state index in [0.717, 1.165) is 13.2 Å². The summed E-state index contributed by atoms with van der Waals surface area (Å²) >= 11 is 0. The predicted molar refractivity (Wildman–Crippen MR) is 77.0 cm³/mol. The molecule has 0 aliphatic carbocycles. The molecular formula is C16H24N2. The van der Waals surface area contributed by atoms with Crippen molar-refractivity contribution in [1.29, 1.82) is 0 Å². The first-order valence-corrected chi connectivity index (χ1v) is 6.68. The SMILES string of the molecule is C=C1N(C(C)C)CN(Cc2ccccc2)C1(C)C. The van der Waals surface area contributed by atoms with Crippen LogP contribution in [0.5, 0.6) is 0 Å². The van der Waals surface area contributed by atoms with E-state index < -0.39 is 0 Å². The summed E-state index contributed by atoms with van der Waals surface area (Å²) in [6.07, 6.45) is 0. The van der Waals surface area contributed by atoms with Gasteiger partial charge in [-0.25, -0.2) is 0 Å². The zero-order chi connectivity index (χ0) is 13.3. The Bertz CT molecular complexity index is 420. The third-order valence-electron chi connectivity index (χ3n) is 4.01. The van der Waals surface area contributed by atoms with Crippen molar-refractivity contribution >= 4 is 0 Å². The fraction of sp³-hybridized carbons (Fsp3) is 0.500. The molecule has 1 aliphatic rings. The van der Waals surface area contributed by atoms with Crippen LogP contribution in [0.1, 0.15) is 33.3 Å². The molecule has 0 unspecified atom stereocenters. The zero-order valence-electron chi connectivity index (χ0n) is 12.0. The van der Waals surface area contributed by atoms with Crippen molar-refractivity contribution in [2.24, 2.45) is 0 Å². The first kappa shape index (κ1) is 13.2. The van der Waals surface area contributed by atoms with Gasteiger partial charge >= 0.3 is 0 Å². The van der Waals surface area contributed by atoms with Crippen molar-refractivity contribution in [3.05, 3.63) is 48.2 Å². The summed E-state index contributed by atoms with van der Waals surface area (Å²) in [5, 5.41) is 0. The molecule has 0 saturated carbocycles. The van der Waals surface area contributed by atoms with Crippen molar-refractivity contribution in [3.63, 3.8) is 0 Å². The third-order valence-corrected chi connectivity index (χ3v) is 4.01. The van der Waals surface area contributed by atoms with Crippen LogP contribution in [-0.4, -0.2) is 28.0 Å². The molecule has 98 valence electrons. The Morgan fingerprint density at radius 2 is 1.83 bits per heavy atom. The molecule has 1 aromatic carbocycles. The van der Waals surface area contributed by atoms with Crippen LogP contribution in [0.3, 0.4) is 0 Å². The van der Waals surface area contributed by atoms with E-state index in [1.165, 1.54) is 11.3 Å². The van der Waals surface area contributed by atoms with Crippen LogP contribution >= 0.6 is 0 Å². The van der Waals surface area contributed by atoms with Crippen LogP contribution in [0.2, 0.25) is 0 Å². The second-order valence-corrected chi connectivity index (χ2v) is 5.89. The van der Waals surface area contributed by atoms with E-state index in [9.17, 15) is 0 Å². The van der Waals surface area contributed by atoms with E-state index in [1.54, 1.807) is 0 Å². The fourth-order valence-corrected chi connectivity index (χ4v) is 2.51. The van der Waals surface area contributed by atoms with Crippen LogP contribution in [0.25, 0.3) is 0 Å². The molecule has 0 atom stereocenters. The number of nitrogens with zero attached hydrogens (tertiary/aromatic N) is 2. The molecule has 1 aromatic rings. The van der Waals surface area contributed by atoms with Gasteiger partial charge < -0.3 is 4.90 Å². The number of hydrogen-bond acceptors (Lipinski definition) is 2. The molecule has 0 radical (unpaired) electrons. The summed E-state index contributed by atoms with van der Waals surface area (Å²) in [4.78, 5) is 4.88. The minimum atomic E-state index is 0.0418. The number of benzene rings is 1. The second kappa shape index (κ2) is 4.77. The molecule has 1 saturated heterocycles. The lowest BCUT2D eigenvalue weighted by atomic mass is 10.00.